The van der Waals surface area contributed by atoms with Crippen molar-refractivity contribution < 1.29 is 13.2 Å². The summed E-state index contributed by atoms with van der Waals surface area (Å²) in [6.07, 6.45) is 0.703. The number of nitrogens with two attached hydrogens (primary N) is 2. The van der Waals surface area contributed by atoms with Gasteiger partial charge in [-0.2, -0.15) is 0 Å². The number of benzene rings is 1. The Morgan fingerprint density at radius 3 is 2.44 bits per heavy atom. The topological polar surface area (TPSA) is 106 Å². The molecule has 0 aliphatic heterocycles. The lowest BCUT2D eigenvalue weighted by molar-refractivity contribution is 0.1000. The highest BCUT2D eigenvalue weighted by Gasteiger charge is 2.23. The smallest absolute Gasteiger partial charge is 0.248 e. The molecule has 1 aromatic rings. The summed E-state index contributed by atoms with van der Waals surface area (Å²) in [6, 6.07) is 3.93. The number of carbonyl (C=O) groups is 1. The third-order valence-corrected chi connectivity index (χ3v) is 4.45. The Morgan fingerprint density at radius 1 is 1.39 bits per heavy atom. The summed E-state index contributed by atoms with van der Waals surface area (Å²) in [6.45, 7) is 2.28. The van der Waals surface area contributed by atoms with Crippen molar-refractivity contribution in [3.63, 3.8) is 0 Å². The first-order valence-corrected chi connectivity index (χ1v) is 6.90. The van der Waals surface area contributed by atoms with Crippen LogP contribution in [0.2, 0.25) is 0 Å². The highest BCUT2D eigenvalue weighted by molar-refractivity contribution is 7.89. The number of primary amides is 1. The fourth-order valence-corrected chi connectivity index (χ4v) is 2.90. The van der Waals surface area contributed by atoms with Crippen molar-refractivity contribution in [2.45, 2.75) is 18.2 Å². The third kappa shape index (κ3) is 2.80. The zero-order valence-electron chi connectivity index (χ0n) is 10.4. The maximum atomic E-state index is 12.2. The van der Waals surface area contributed by atoms with Gasteiger partial charge in [0.25, 0.3) is 0 Å². The lowest BCUT2D eigenvalue weighted by Crippen LogP contribution is -2.28. The molecular weight excluding hydrogens is 254 g/mol. The molecular formula is C11H17N3O3S. The molecule has 0 bridgehead atoms. The molecule has 0 radical (unpaired) electrons. The van der Waals surface area contributed by atoms with Crippen molar-refractivity contribution in [3.05, 3.63) is 23.8 Å². The van der Waals surface area contributed by atoms with Crippen LogP contribution in [0.4, 0.5) is 5.69 Å². The van der Waals surface area contributed by atoms with Gasteiger partial charge in [0.1, 0.15) is 4.90 Å². The van der Waals surface area contributed by atoms with Crippen LogP contribution >= 0.6 is 0 Å². The van der Waals surface area contributed by atoms with Gasteiger partial charge in [-0.3, -0.25) is 4.79 Å². The molecule has 0 unspecified atom stereocenters. The van der Waals surface area contributed by atoms with Crippen LogP contribution in [0.25, 0.3) is 0 Å². The van der Waals surface area contributed by atoms with E-state index < -0.39 is 15.9 Å². The minimum atomic E-state index is -3.62. The van der Waals surface area contributed by atoms with Crippen molar-refractivity contribution in [3.8, 4) is 0 Å². The number of hydrogen-bond acceptors (Lipinski definition) is 4. The van der Waals surface area contributed by atoms with Crippen molar-refractivity contribution in [2.24, 2.45) is 5.73 Å². The van der Waals surface area contributed by atoms with Crippen molar-refractivity contribution in [1.29, 1.82) is 0 Å². The van der Waals surface area contributed by atoms with Crippen molar-refractivity contribution in [1.82, 2.24) is 4.31 Å². The molecule has 0 aromatic heterocycles. The van der Waals surface area contributed by atoms with Crippen molar-refractivity contribution in [2.75, 3.05) is 19.3 Å². The second kappa shape index (κ2) is 5.36. The van der Waals surface area contributed by atoms with Gasteiger partial charge >= 0.3 is 0 Å². The molecule has 0 atom stereocenters. The van der Waals surface area contributed by atoms with Crippen LogP contribution in [0.1, 0.15) is 23.7 Å². The molecule has 0 spiro atoms. The van der Waals surface area contributed by atoms with E-state index in [-0.39, 0.29) is 16.1 Å². The average Bonchev–Trinajstić information content (AvgIpc) is 2.28. The number of nitrogens with zero attached hydrogens (tertiary/aromatic N) is 1. The molecule has 1 aromatic carbocycles. The van der Waals surface area contributed by atoms with E-state index in [1.165, 1.54) is 29.6 Å². The van der Waals surface area contributed by atoms with E-state index in [9.17, 15) is 13.2 Å². The second-order valence-corrected chi connectivity index (χ2v) is 5.96. The third-order valence-electron chi connectivity index (χ3n) is 2.52. The molecule has 100 valence electrons. The number of rotatable bonds is 5. The Morgan fingerprint density at radius 2 is 2.00 bits per heavy atom. The zero-order valence-corrected chi connectivity index (χ0v) is 11.2. The lowest BCUT2D eigenvalue weighted by Gasteiger charge is -2.17. The van der Waals surface area contributed by atoms with E-state index in [4.69, 9.17) is 11.5 Å². The predicted molar refractivity (Wildman–Crippen MR) is 69.5 cm³/mol. The van der Waals surface area contributed by atoms with Gasteiger partial charge in [0.15, 0.2) is 0 Å². The number of carbonyl (C=O) groups excluding carboxylic acids is 1. The van der Waals surface area contributed by atoms with Crippen LogP contribution in [0, 0.1) is 0 Å². The molecule has 0 aliphatic carbocycles. The fraction of sp³-hybridized carbons (Fsp3) is 0.364. The standard InChI is InChI=1S/C11H17N3O3S/c1-3-6-14(2)18(16,17)10-5-4-8(11(13)15)7-9(10)12/h4-5,7H,3,6,12H2,1-2H3,(H2,13,15). The first kappa shape index (κ1) is 14.5. The summed E-state index contributed by atoms with van der Waals surface area (Å²) in [7, 11) is -2.13. The number of nitrogen functional groups attached to an aromatic ring is 1. The van der Waals surface area contributed by atoms with Gasteiger partial charge in [0.05, 0.1) is 5.69 Å². The summed E-state index contributed by atoms with van der Waals surface area (Å²) >= 11 is 0. The SMILES string of the molecule is CCCN(C)S(=O)(=O)c1ccc(C(N)=O)cc1N. The largest absolute Gasteiger partial charge is 0.398 e. The van der Waals surface area contributed by atoms with Gasteiger partial charge in [0.2, 0.25) is 15.9 Å². The number of sulfonamides is 1. The molecule has 0 fully saturated rings. The lowest BCUT2D eigenvalue weighted by atomic mass is 10.2. The summed E-state index contributed by atoms with van der Waals surface area (Å²) in [5.41, 5.74) is 11.0. The maximum Gasteiger partial charge on any atom is 0.248 e. The molecule has 1 rings (SSSR count). The van der Waals surface area contributed by atoms with Crippen LogP contribution in [0.15, 0.2) is 23.1 Å². The molecule has 7 heteroatoms. The van der Waals surface area contributed by atoms with Crippen LogP contribution < -0.4 is 11.5 Å². The average molecular weight is 271 g/mol. The molecule has 0 aliphatic rings. The van der Waals surface area contributed by atoms with E-state index in [2.05, 4.69) is 0 Å². The van der Waals surface area contributed by atoms with E-state index in [0.29, 0.717) is 13.0 Å². The summed E-state index contributed by atoms with van der Waals surface area (Å²) in [5, 5.41) is 0. The summed E-state index contributed by atoms with van der Waals surface area (Å²) < 4.78 is 25.5. The summed E-state index contributed by atoms with van der Waals surface area (Å²) in [4.78, 5) is 10.9. The first-order valence-electron chi connectivity index (χ1n) is 5.46. The molecule has 0 saturated heterocycles. The quantitative estimate of drug-likeness (QED) is 0.756. The van der Waals surface area contributed by atoms with E-state index in [1.54, 1.807) is 0 Å². The van der Waals surface area contributed by atoms with Gasteiger partial charge in [-0.15, -0.1) is 0 Å². The summed E-state index contributed by atoms with van der Waals surface area (Å²) in [5.74, 6) is -0.646. The Labute approximate surface area is 107 Å². The van der Waals surface area contributed by atoms with Gasteiger partial charge < -0.3 is 11.5 Å². The molecule has 6 nitrogen and oxygen atoms in total. The fourth-order valence-electron chi connectivity index (χ4n) is 1.54. The first-order chi connectivity index (χ1) is 8.30. The molecule has 1 amide bonds. The maximum absolute atomic E-state index is 12.2. The van der Waals surface area contributed by atoms with Crippen LogP contribution in [0.3, 0.4) is 0 Å². The van der Waals surface area contributed by atoms with Crippen LogP contribution in [-0.2, 0) is 10.0 Å². The molecule has 0 saturated carbocycles. The Balaban J connectivity index is 3.22. The highest BCUT2D eigenvalue weighted by atomic mass is 32.2. The van der Waals surface area contributed by atoms with Gasteiger partial charge in [-0.25, -0.2) is 12.7 Å². The van der Waals surface area contributed by atoms with E-state index in [1.807, 2.05) is 6.92 Å². The van der Waals surface area contributed by atoms with E-state index >= 15 is 0 Å². The normalized spacial score (nSPS) is 11.7. The van der Waals surface area contributed by atoms with Crippen LogP contribution in [-0.4, -0.2) is 32.2 Å². The van der Waals surface area contributed by atoms with E-state index in [0.717, 1.165) is 0 Å². The van der Waals surface area contributed by atoms with Gasteiger partial charge in [-0.05, 0) is 24.6 Å². The van der Waals surface area contributed by atoms with Gasteiger partial charge in [-0.1, -0.05) is 6.92 Å². The Kier molecular flexibility index (Phi) is 4.31. The number of hydrogen-bond donors (Lipinski definition) is 2. The Bertz CT molecular complexity index is 555. The van der Waals surface area contributed by atoms with Gasteiger partial charge in [0, 0.05) is 19.2 Å². The number of anilines is 1. The van der Waals surface area contributed by atoms with Crippen LogP contribution in [0.5, 0.6) is 0 Å². The second-order valence-electron chi connectivity index (χ2n) is 3.94. The molecule has 18 heavy (non-hydrogen) atoms. The number of amides is 1. The minimum absolute atomic E-state index is 0.0107. The Hall–Kier alpha value is -1.60. The zero-order chi connectivity index (χ0) is 13.9. The molecule has 0 heterocycles. The van der Waals surface area contributed by atoms with Crippen molar-refractivity contribution >= 4 is 21.6 Å². The predicted octanol–water partition coefficient (Wildman–Crippen LogP) is 0.398. The minimum Gasteiger partial charge on any atom is -0.398 e. The molecule has 4 N–H and O–H groups in total. The highest BCUT2D eigenvalue weighted by Crippen LogP contribution is 2.22. The monoisotopic (exact) mass is 271 g/mol.